The van der Waals surface area contributed by atoms with Crippen molar-refractivity contribution < 1.29 is 15.3 Å². The maximum Gasteiger partial charge on any atom is 0.0811 e. The number of aliphatic hydroxyl groups excluding tert-OH is 2. The molecule has 174 valence electrons. The normalized spacial score (nSPS) is 39.3. The van der Waals surface area contributed by atoms with E-state index in [0.29, 0.717) is 36.0 Å². The Morgan fingerprint density at radius 2 is 1.84 bits per heavy atom. The summed E-state index contributed by atoms with van der Waals surface area (Å²) in [6.45, 7) is 14.7. The summed E-state index contributed by atoms with van der Waals surface area (Å²) in [4.78, 5) is 0. The lowest BCUT2D eigenvalue weighted by Gasteiger charge is -2.44. The molecule has 0 aromatic carbocycles. The van der Waals surface area contributed by atoms with Crippen molar-refractivity contribution in [2.45, 2.75) is 97.4 Å². The summed E-state index contributed by atoms with van der Waals surface area (Å²) < 4.78 is 0. The zero-order chi connectivity index (χ0) is 23.0. The molecular weight excluding hydrogens is 384 g/mol. The molecule has 0 aromatic rings. The fourth-order valence-corrected chi connectivity index (χ4v) is 6.32. The lowest BCUT2D eigenvalue weighted by atomic mass is 9.61. The number of fused-ring (bicyclic) bond motifs is 1. The van der Waals surface area contributed by atoms with E-state index in [2.05, 4.69) is 51.7 Å². The van der Waals surface area contributed by atoms with Gasteiger partial charge in [0.15, 0.2) is 0 Å². The number of rotatable bonds is 5. The van der Waals surface area contributed by atoms with Gasteiger partial charge in [0.2, 0.25) is 0 Å². The molecule has 3 N–H and O–H groups in total. The Morgan fingerprint density at radius 3 is 2.52 bits per heavy atom. The molecule has 3 heteroatoms. The van der Waals surface area contributed by atoms with E-state index in [1.165, 1.54) is 31.3 Å². The highest BCUT2D eigenvalue weighted by atomic mass is 16.3. The third-order valence-electron chi connectivity index (χ3n) is 8.75. The summed E-state index contributed by atoms with van der Waals surface area (Å²) in [7, 11) is 0. The second-order valence-electron chi connectivity index (χ2n) is 11.4. The van der Waals surface area contributed by atoms with E-state index < -0.39 is 17.8 Å². The van der Waals surface area contributed by atoms with Gasteiger partial charge >= 0.3 is 0 Å². The smallest absolute Gasteiger partial charge is 0.0811 e. The average molecular weight is 429 g/mol. The van der Waals surface area contributed by atoms with Crippen LogP contribution in [0.4, 0.5) is 0 Å². The standard InChI is InChI=1S/C28H44O3/c1-18(9-10-19(2)27(4,5)31)24-13-14-25-21(8-7-15-28(24,25)6)11-12-22-16-23(29)17-26(30)20(22)3/h9-12,18-19,23-26,29-31H,3,7-8,13-17H2,1-2,4-6H3/b10-9+,21-11+,22-12-/t18-,19+,23-,24-,25-,26+,28+/m1/s1. The minimum Gasteiger partial charge on any atom is -0.393 e. The van der Waals surface area contributed by atoms with Gasteiger partial charge in [-0.05, 0) is 86.7 Å². The summed E-state index contributed by atoms with van der Waals surface area (Å²) in [5.41, 5.74) is 2.93. The van der Waals surface area contributed by atoms with Crippen LogP contribution >= 0.6 is 0 Å². The molecule has 0 aromatic heterocycles. The Kier molecular flexibility index (Phi) is 7.40. The molecule has 3 nitrogen and oxygen atoms in total. The fourth-order valence-electron chi connectivity index (χ4n) is 6.32. The van der Waals surface area contributed by atoms with Crippen molar-refractivity contribution in [3.63, 3.8) is 0 Å². The minimum absolute atomic E-state index is 0.141. The van der Waals surface area contributed by atoms with Gasteiger partial charge in [0.25, 0.3) is 0 Å². The highest BCUT2D eigenvalue weighted by Crippen LogP contribution is 2.59. The van der Waals surface area contributed by atoms with E-state index in [0.717, 1.165) is 17.6 Å². The molecule has 3 fully saturated rings. The lowest BCUT2D eigenvalue weighted by Crippen LogP contribution is -2.35. The molecule has 0 radical (unpaired) electrons. The Morgan fingerprint density at radius 1 is 1.13 bits per heavy atom. The highest BCUT2D eigenvalue weighted by molar-refractivity contribution is 5.38. The molecule has 0 aliphatic heterocycles. The molecule has 0 saturated heterocycles. The van der Waals surface area contributed by atoms with Gasteiger partial charge in [0.05, 0.1) is 17.8 Å². The summed E-state index contributed by atoms with van der Waals surface area (Å²) >= 11 is 0. The molecule has 3 rings (SSSR count). The summed E-state index contributed by atoms with van der Waals surface area (Å²) in [6, 6.07) is 0. The van der Waals surface area contributed by atoms with Crippen LogP contribution in [0.5, 0.6) is 0 Å². The van der Waals surface area contributed by atoms with Crippen molar-refractivity contribution in [1.82, 2.24) is 0 Å². The number of hydrogen-bond donors (Lipinski definition) is 3. The predicted octanol–water partition coefficient (Wildman–Crippen LogP) is 5.73. The van der Waals surface area contributed by atoms with Crippen LogP contribution in [0.1, 0.15) is 79.6 Å². The van der Waals surface area contributed by atoms with Gasteiger partial charge < -0.3 is 15.3 Å². The predicted molar refractivity (Wildman–Crippen MR) is 128 cm³/mol. The van der Waals surface area contributed by atoms with Crippen molar-refractivity contribution in [3.8, 4) is 0 Å². The van der Waals surface area contributed by atoms with E-state index in [1.807, 2.05) is 13.8 Å². The fraction of sp³-hybridized carbons (Fsp3) is 0.714. The second-order valence-corrected chi connectivity index (χ2v) is 11.4. The topological polar surface area (TPSA) is 60.7 Å². The first-order valence-corrected chi connectivity index (χ1v) is 12.3. The van der Waals surface area contributed by atoms with Crippen LogP contribution in [-0.4, -0.2) is 33.1 Å². The van der Waals surface area contributed by atoms with Gasteiger partial charge in [0, 0.05) is 12.3 Å². The lowest BCUT2D eigenvalue weighted by molar-refractivity contribution is 0.0436. The minimum atomic E-state index is -0.684. The van der Waals surface area contributed by atoms with Gasteiger partial charge in [0.1, 0.15) is 0 Å². The summed E-state index contributed by atoms with van der Waals surface area (Å²) in [5.74, 6) is 1.91. The molecule has 31 heavy (non-hydrogen) atoms. The zero-order valence-corrected chi connectivity index (χ0v) is 20.3. The second kappa shape index (κ2) is 9.37. The molecule has 0 bridgehead atoms. The Labute approximate surface area is 189 Å². The largest absolute Gasteiger partial charge is 0.393 e. The third-order valence-corrected chi connectivity index (χ3v) is 8.75. The van der Waals surface area contributed by atoms with Crippen LogP contribution in [0.25, 0.3) is 0 Å². The number of aliphatic hydroxyl groups is 3. The SMILES string of the molecule is C=C1/C(=C\C=C2/CCC[C@]3(C)[C@@H]2CC[C@@H]3[C@H](C)/C=C/[C@H](C)C(C)(C)O)C[C@@H](O)C[C@@H]1O. The average Bonchev–Trinajstić information content (AvgIpc) is 3.04. The van der Waals surface area contributed by atoms with E-state index in [9.17, 15) is 15.3 Å². The van der Waals surface area contributed by atoms with Crippen LogP contribution in [-0.2, 0) is 0 Å². The van der Waals surface area contributed by atoms with Crippen molar-refractivity contribution in [2.24, 2.45) is 29.1 Å². The molecule has 0 unspecified atom stereocenters. The summed E-state index contributed by atoms with van der Waals surface area (Å²) in [5, 5.41) is 30.4. The van der Waals surface area contributed by atoms with E-state index in [1.54, 1.807) is 0 Å². The van der Waals surface area contributed by atoms with Crippen molar-refractivity contribution >= 4 is 0 Å². The molecule has 7 atom stereocenters. The highest BCUT2D eigenvalue weighted by Gasteiger charge is 2.50. The maximum atomic E-state index is 10.3. The molecule has 0 amide bonds. The van der Waals surface area contributed by atoms with Crippen molar-refractivity contribution in [2.75, 3.05) is 0 Å². The van der Waals surface area contributed by atoms with Crippen LogP contribution in [0.2, 0.25) is 0 Å². The Balaban J connectivity index is 1.76. The van der Waals surface area contributed by atoms with E-state index in [-0.39, 0.29) is 5.92 Å². The van der Waals surface area contributed by atoms with Crippen LogP contribution in [0.15, 0.2) is 47.6 Å². The number of allylic oxidation sites excluding steroid dienone is 4. The third kappa shape index (κ3) is 5.26. The van der Waals surface area contributed by atoms with Crippen LogP contribution < -0.4 is 0 Å². The molecule has 3 aliphatic carbocycles. The van der Waals surface area contributed by atoms with Gasteiger partial charge in [-0.15, -0.1) is 0 Å². The Bertz CT molecular complexity index is 753. The van der Waals surface area contributed by atoms with Crippen molar-refractivity contribution in [3.05, 3.63) is 47.6 Å². The Hall–Kier alpha value is -1.16. The van der Waals surface area contributed by atoms with Crippen molar-refractivity contribution in [1.29, 1.82) is 0 Å². The molecule has 0 spiro atoms. The molecule has 0 heterocycles. The molecule has 3 saturated carbocycles. The quantitative estimate of drug-likeness (QED) is 0.490. The van der Waals surface area contributed by atoms with Crippen LogP contribution in [0.3, 0.4) is 0 Å². The van der Waals surface area contributed by atoms with E-state index in [4.69, 9.17) is 0 Å². The van der Waals surface area contributed by atoms with Gasteiger partial charge in [-0.1, -0.05) is 57.2 Å². The van der Waals surface area contributed by atoms with Gasteiger partial charge in [-0.2, -0.15) is 0 Å². The first-order chi connectivity index (χ1) is 14.4. The number of hydrogen-bond acceptors (Lipinski definition) is 3. The first kappa shape index (κ1) is 24.5. The monoisotopic (exact) mass is 428 g/mol. The molecular formula is C28H44O3. The first-order valence-electron chi connectivity index (χ1n) is 12.3. The van der Waals surface area contributed by atoms with E-state index >= 15 is 0 Å². The van der Waals surface area contributed by atoms with Gasteiger partial charge in [-0.3, -0.25) is 0 Å². The van der Waals surface area contributed by atoms with Crippen LogP contribution in [0, 0.1) is 29.1 Å². The zero-order valence-electron chi connectivity index (χ0n) is 20.3. The molecule has 3 aliphatic rings. The maximum absolute atomic E-state index is 10.3. The van der Waals surface area contributed by atoms with Gasteiger partial charge in [-0.25, -0.2) is 0 Å². The summed E-state index contributed by atoms with van der Waals surface area (Å²) in [6.07, 6.45) is 15.0.